The number of piperazine rings is 1. The second-order valence-corrected chi connectivity index (χ2v) is 8.11. The molecule has 1 amide bonds. The van der Waals surface area contributed by atoms with Crippen molar-refractivity contribution in [2.45, 2.75) is 38.5 Å². The monoisotopic (exact) mass is 518 g/mol. The number of carbonyl (C=O) groups is 1. The number of ether oxygens (including phenoxy) is 2. The Morgan fingerprint density at radius 1 is 1.31 bits per heavy atom. The average molecular weight is 518 g/mol. The number of benzene rings is 1. The molecule has 2 aliphatic rings. The molecule has 9 heteroatoms. The molecule has 0 saturated carbocycles. The van der Waals surface area contributed by atoms with Gasteiger partial charge in [-0.05, 0) is 38.5 Å². The summed E-state index contributed by atoms with van der Waals surface area (Å²) < 4.78 is 10.6. The maximum atomic E-state index is 12.3. The highest BCUT2D eigenvalue weighted by atomic mass is 127. The normalized spacial score (nSPS) is 19.6. The van der Waals surface area contributed by atoms with Gasteiger partial charge in [0.1, 0.15) is 11.4 Å². The maximum Gasteiger partial charge on any atom is 0.410 e. The number of fused-ring (bicyclic) bond motifs is 1. The number of nitrogens with one attached hydrogen (secondary N) is 1. The molecule has 1 aromatic carbocycles. The van der Waals surface area contributed by atoms with Crippen LogP contribution in [0.3, 0.4) is 0 Å². The molecular weight excluding hydrogens is 487 g/mol. The molecule has 0 aromatic heterocycles. The van der Waals surface area contributed by atoms with Gasteiger partial charge < -0.3 is 29.7 Å². The first-order valence-electron chi connectivity index (χ1n) is 9.62. The summed E-state index contributed by atoms with van der Waals surface area (Å²) >= 11 is 0. The zero-order chi connectivity index (χ0) is 20.3. The Balaban J connectivity index is 0.00000300. The van der Waals surface area contributed by atoms with Crippen LogP contribution in [0.15, 0.2) is 29.3 Å². The summed E-state index contributed by atoms with van der Waals surface area (Å²) in [6.07, 6.45) is -0.917. The molecule has 2 N–H and O–H groups in total. The van der Waals surface area contributed by atoms with Gasteiger partial charge in [0, 0.05) is 26.2 Å². The molecule has 8 nitrogen and oxygen atoms in total. The summed E-state index contributed by atoms with van der Waals surface area (Å²) in [5, 5.41) is 13.7. The second kappa shape index (κ2) is 9.84. The third kappa shape index (κ3) is 6.11. The van der Waals surface area contributed by atoms with Crippen molar-refractivity contribution < 1.29 is 19.4 Å². The smallest absolute Gasteiger partial charge is 0.410 e. The lowest BCUT2D eigenvalue weighted by Crippen LogP contribution is -2.57. The van der Waals surface area contributed by atoms with Crippen LogP contribution in [0.1, 0.15) is 32.4 Å². The zero-order valence-corrected chi connectivity index (χ0v) is 19.8. The minimum Gasteiger partial charge on any atom is -0.497 e. The third-order valence-corrected chi connectivity index (χ3v) is 4.81. The molecule has 0 aliphatic carbocycles. The molecule has 1 aromatic rings. The molecule has 3 rings (SSSR count). The summed E-state index contributed by atoms with van der Waals surface area (Å²) in [6, 6.07) is 7.50. The van der Waals surface area contributed by atoms with Gasteiger partial charge in [-0.15, -0.1) is 24.0 Å². The van der Waals surface area contributed by atoms with Gasteiger partial charge in [-0.2, -0.15) is 0 Å². The quantitative estimate of drug-likeness (QED) is 0.595. The van der Waals surface area contributed by atoms with Crippen LogP contribution in [-0.2, 0) is 4.74 Å². The third-order valence-electron chi connectivity index (χ3n) is 4.81. The van der Waals surface area contributed by atoms with Crippen molar-refractivity contribution in [1.29, 1.82) is 0 Å². The molecule has 0 spiro atoms. The summed E-state index contributed by atoms with van der Waals surface area (Å²) in [5.74, 6) is 1.54. The zero-order valence-electron chi connectivity index (χ0n) is 17.4. The van der Waals surface area contributed by atoms with E-state index in [1.54, 1.807) is 12.0 Å². The Kier molecular flexibility index (Phi) is 7.98. The molecule has 0 bridgehead atoms. The van der Waals surface area contributed by atoms with Gasteiger partial charge >= 0.3 is 6.09 Å². The number of rotatable bonds is 4. The van der Waals surface area contributed by atoms with Crippen LogP contribution < -0.4 is 10.1 Å². The number of aliphatic hydroxyl groups is 1. The first-order valence-corrected chi connectivity index (χ1v) is 9.62. The Labute approximate surface area is 189 Å². The van der Waals surface area contributed by atoms with Crippen molar-refractivity contribution in [2.75, 3.05) is 39.8 Å². The van der Waals surface area contributed by atoms with Crippen LogP contribution in [0, 0.1) is 0 Å². The first-order chi connectivity index (χ1) is 13.3. The predicted molar refractivity (Wildman–Crippen MR) is 122 cm³/mol. The fourth-order valence-electron chi connectivity index (χ4n) is 3.35. The van der Waals surface area contributed by atoms with Gasteiger partial charge in [0.25, 0.3) is 0 Å². The van der Waals surface area contributed by atoms with Crippen molar-refractivity contribution in [2.24, 2.45) is 4.99 Å². The second-order valence-electron chi connectivity index (χ2n) is 8.11. The van der Waals surface area contributed by atoms with Crippen molar-refractivity contribution >= 4 is 36.0 Å². The number of amides is 1. The maximum absolute atomic E-state index is 12.3. The number of methoxy groups -OCH3 is 1. The predicted octanol–water partition coefficient (Wildman–Crippen LogP) is 2.23. The van der Waals surface area contributed by atoms with Crippen LogP contribution in [0.2, 0.25) is 0 Å². The van der Waals surface area contributed by atoms with Gasteiger partial charge in [-0.1, -0.05) is 12.1 Å². The largest absolute Gasteiger partial charge is 0.497 e. The summed E-state index contributed by atoms with van der Waals surface area (Å²) in [5.41, 5.74) is 0.322. The molecule has 2 unspecified atom stereocenters. The number of hydrogen-bond acceptors (Lipinski definition) is 7. The number of guanidine groups is 1. The highest BCUT2D eigenvalue weighted by molar-refractivity contribution is 14.0. The van der Waals surface area contributed by atoms with E-state index in [1.165, 1.54) is 0 Å². The average Bonchev–Trinajstić information content (AvgIpc) is 3.07. The van der Waals surface area contributed by atoms with Gasteiger partial charge in [0.2, 0.25) is 0 Å². The minimum absolute atomic E-state index is 0. The fraction of sp³-hybridized carbons (Fsp3) is 0.600. The van der Waals surface area contributed by atoms with Crippen LogP contribution >= 0.6 is 24.0 Å². The molecule has 2 atom stereocenters. The fourth-order valence-corrected chi connectivity index (χ4v) is 3.35. The molecule has 162 valence electrons. The van der Waals surface area contributed by atoms with Gasteiger partial charge in [0.05, 0.1) is 25.8 Å². The van der Waals surface area contributed by atoms with Crippen molar-refractivity contribution in [1.82, 2.24) is 15.1 Å². The van der Waals surface area contributed by atoms with E-state index >= 15 is 0 Å². The molecule has 2 aliphatic heterocycles. The van der Waals surface area contributed by atoms with E-state index in [0.29, 0.717) is 32.7 Å². The van der Waals surface area contributed by atoms with Crippen molar-refractivity contribution in [3.05, 3.63) is 29.8 Å². The van der Waals surface area contributed by atoms with E-state index in [0.717, 1.165) is 17.3 Å². The number of carbonyl (C=O) groups excluding carboxylic acids is 1. The topological polar surface area (TPSA) is 86.6 Å². The molecule has 29 heavy (non-hydrogen) atoms. The Bertz CT molecular complexity index is 720. The Morgan fingerprint density at radius 2 is 2.00 bits per heavy atom. The van der Waals surface area contributed by atoms with E-state index in [4.69, 9.17) is 9.47 Å². The van der Waals surface area contributed by atoms with Crippen LogP contribution in [0.25, 0.3) is 0 Å². The molecule has 2 heterocycles. The van der Waals surface area contributed by atoms with Crippen LogP contribution in [0.4, 0.5) is 4.79 Å². The number of hydrogen-bond donors (Lipinski definition) is 2. The first kappa shape index (κ1) is 23.5. The van der Waals surface area contributed by atoms with E-state index in [9.17, 15) is 9.90 Å². The molecular formula is C20H31IN4O4. The van der Waals surface area contributed by atoms with Crippen molar-refractivity contribution in [3.63, 3.8) is 0 Å². The standard InChI is InChI=1S/C20H30N4O4.HI/c1-20(2,3)28-19(26)23-9-10-24-15(13-23)11-21-18(24)22-12-17(25)14-5-7-16(27-4)8-6-14;/h5-8,15,17,25H,9-13H2,1-4H3,(H,21,22);1H. The van der Waals surface area contributed by atoms with Crippen LogP contribution in [0.5, 0.6) is 5.75 Å². The van der Waals surface area contributed by atoms with Gasteiger partial charge in [0.15, 0.2) is 5.96 Å². The van der Waals surface area contributed by atoms with Crippen LogP contribution in [-0.4, -0.2) is 78.4 Å². The highest BCUT2D eigenvalue weighted by Crippen LogP contribution is 2.20. The summed E-state index contributed by atoms with van der Waals surface area (Å²) in [7, 11) is 1.62. The van der Waals surface area contributed by atoms with E-state index in [2.05, 4.69) is 15.2 Å². The van der Waals surface area contributed by atoms with Gasteiger partial charge in [-0.25, -0.2) is 4.79 Å². The minimum atomic E-state index is -0.643. The van der Waals surface area contributed by atoms with Crippen molar-refractivity contribution in [3.8, 4) is 5.75 Å². The number of aliphatic hydroxyl groups excluding tert-OH is 1. The van der Waals surface area contributed by atoms with E-state index < -0.39 is 11.7 Å². The molecule has 0 radical (unpaired) electrons. The van der Waals surface area contributed by atoms with Gasteiger partial charge in [-0.3, -0.25) is 4.99 Å². The lowest BCUT2D eigenvalue weighted by atomic mass is 10.1. The van der Waals surface area contributed by atoms with E-state index in [-0.39, 0.29) is 36.1 Å². The highest BCUT2D eigenvalue weighted by Gasteiger charge is 2.36. The lowest BCUT2D eigenvalue weighted by molar-refractivity contribution is 0.0137. The Hall–Kier alpha value is -1.75. The number of aliphatic imine (C=N–C) groups is 1. The lowest BCUT2D eigenvalue weighted by Gasteiger charge is -2.39. The molecule has 1 saturated heterocycles. The molecule has 1 fully saturated rings. The SMILES string of the molecule is COc1ccc(C(O)CNC2=NCC3CN(C(=O)OC(C)(C)C)CCN23)cc1.I. The summed E-state index contributed by atoms with van der Waals surface area (Å²) in [4.78, 5) is 20.8. The van der Waals surface area contributed by atoms with E-state index in [1.807, 2.05) is 45.0 Å². The number of nitrogens with zero attached hydrogens (tertiary/aromatic N) is 3. The Morgan fingerprint density at radius 3 is 2.62 bits per heavy atom. The summed E-state index contributed by atoms with van der Waals surface area (Å²) in [6.45, 7) is 8.47. The number of halogens is 1.